The van der Waals surface area contributed by atoms with Gasteiger partial charge >= 0.3 is 0 Å². The van der Waals surface area contributed by atoms with Gasteiger partial charge in [0.05, 0.1) is 16.6 Å². The molecule has 0 aliphatic heterocycles. The number of hydrogen-bond donors (Lipinski definition) is 0. The first-order chi connectivity index (χ1) is 9.63. The van der Waals surface area contributed by atoms with Crippen LogP contribution in [0.1, 0.15) is 28.4 Å². The molecule has 0 saturated heterocycles. The molecule has 100 valence electrons. The van der Waals surface area contributed by atoms with Gasteiger partial charge in [0.1, 0.15) is 0 Å². The highest BCUT2D eigenvalue weighted by Gasteiger charge is 2.24. The zero-order chi connectivity index (χ0) is 14.5. The second-order valence-corrected chi connectivity index (χ2v) is 4.92. The fourth-order valence-electron chi connectivity index (χ4n) is 1.82. The van der Waals surface area contributed by atoms with Gasteiger partial charge in [-0.3, -0.25) is 14.8 Å². The van der Waals surface area contributed by atoms with Crippen molar-refractivity contribution >= 4 is 29.0 Å². The SMILES string of the molecule is C#CCC(C(=O)c1ccc(Cl)cc1Cl)c1cnccn1. The van der Waals surface area contributed by atoms with Crippen LogP contribution < -0.4 is 0 Å². The number of ketones is 1. The number of nitrogens with zero attached hydrogens (tertiary/aromatic N) is 2. The summed E-state index contributed by atoms with van der Waals surface area (Å²) in [5, 5.41) is 0.771. The maximum absolute atomic E-state index is 12.6. The number of terminal acetylenes is 1. The lowest BCUT2D eigenvalue weighted by Gasteiger charge is -2.13. The van der Waals surface area contributed by atoms with E-state index < -0.39 is 5.92 Å². The molecule has 20 heavy (non-hydrogen) atoms. The number of carbonyl (C=O) groups is 1. The van der Waals surface area contributed by atoms with Gasteiger partial charge in [0.2, 0.25) is 0 Å². The summed E-state index contributed by atoms with van der Waals surface area (Å²) in [6.07, 6.45) is 10.2. The van der Waals surface area contributed by atoms with Crippen LogP contribution in [0.4, 0.5) is 0 Å². The van der Waals surface area contributed by atoms with E-state index in [0.717, 1.165) is 0 Å². The lowest BCUT2D eigenvalue weighted by molar-refractivity contribution is 0.0959. The highest BCUT2D eigenvalue weighted by atomic mass is 35.5. The van der Waals surface area contributed by atoms with Crippen molar-refractivity contribution in [2.45, 2.75) is 12.3 Å². The Kier molecular flexibility index (Phi) is 4.73. The third kappa shape index (κ3) is 3.16. The van der Waals surface area contributed by atoms with Crippen molar-refractivity contribution in [1.82, 2.24) is 9.97 Å². The Hall–Kier alpha value is -1.89. The number of benzene rings is 1. The molecule has 2 aromatic rings. The highest BCUT2D eigenvalue weighted by Crippen LogP contribution is 2.28. The smallest absolute Gasteiger partial charge is 0.174 e. The molecule has 0 saturated carbocycles. The Morgan fingerprint density at radius 1 is 1.35 bits per heavy atom. The van der Waals surface area contributed by atoms with Gasteiger partial charge in [-0.15, -0.1) is 12.3 Å². The third-order valence-corrected chi connectivity index (χ3v) is 3.32. The van der Waals surface area contributed by atoms with Crippen LogP contribution in [0, 0.1) is 12.3 Å². The van der Waals surface area contributed by atoms with Crippen molar-refractivity contribution in [3.8, 4) is 12.3 Å². The van der Waals surface area contributed by atoms with Crippen molar-refractivity contribution in [3.63, 3.8) is 0 Å². The number of aromatic nitrogens is 2. The fraction of sp³-hybridized carbons (Fsp3) is 0.133. The Morgan fingerprint density at radius 2 is 2.15 bits per heavy atom. The summed E-state index contributed by atoms with van der Waals surface area (Å²) >= 11 is 11.9. The van der Waals surface area contributed by atoms with Crippen molar-refractivity contribution < 1.29 is 4.79 Å². The van der Waals surface area contributed by atoms with E-state index >= 15 is 0 Å². The average molecular weight is 305 g/mol. The molecule has 1 atom stereocenters. The Bertz CT molecular complexity index is 665. The molecule has 3 nitrogen and oxygen atoms in total. The van der Waals surface area contributed by atoms with Gasteiger partial charge in [-0.1, -0.05) is 23.2 Å². The standard InChI is InChI=1S/C15H10Cl2N2O/c1-2-3-12(14-9-18-6-7-19-14)15(20)11-5-4-10(16)8-13(11)17/h1,4-9,12H,3H2. The molecular formula is C15H10Cl2N2O. The second kappa shape index (κ2) is 6.51. The molecule has 0 N–H and O–H groups in total. The summed E-state index contributed by atoms with van der Waals surface area (Å²) in [7, 11) is 0. The van der Waals surface area contributed by atoms with Gasteiger partial charge in [0.25, 0.3) is 0 Å². The highest BCUT2D eigenvalue weighted by molar-refractivity contribution is 6.37. The molecule has 0 fully saturated rings. The summed E-state index contributed by atoms with van der Waals surface area (Å²) in [4.78, 5) is 20.7. The van der Waals surface area contributed by atoms with Crippen LogP contribution >= 0.6 is 23.2 Å². The van der Waals surface area contributed by atoms with E-state index in [1.54, 1.807) is 12.1 Å². The van der Waals surface area contributed by atoms with E-state index in [4.69, 9.17) is 29.6 Å². The molecule has 0 bridgehead atoms. The summed E-state index contributed by atoms with van der Waals surface area (Å²) in [6.45, 7) is 0. The van der Waals surface area contributed by atoms with Gasteiger partial charge in [-0.05, 0) is 18.2 Å². The Balaban J connectivity index is 2.40. The summed E-state index contributed by atoms with van der Waals surface area (Å²) in [5.41, 5.74) is 0.906. The van der Waals surface area contributed by atoms with Crippen LogP contribution in [0.15, 0.2) is 36.8 Å². The molecule has 1 unspecified atom stereocenters. The molecule has 1 heterocycles. The largest absolute Gasteiger partial charge is 0.293 e. The quantitative estimate of drug-likeness (QED) is 0.638. The van der Waals surface area contributed by atoms with Crippen LogP contribution in [-0.2, 0) is 0 Å². The predicted molar refractivity (Wildman–Crippen MR) is 79.0 cm³/mol. The number of Topliss-reactive ketones (excluding diaryl/α,β-unsaturated/α-hetero) is 1. The van der Waals surface area contributed by atoms with Gasteiger partial charge in [-0.2, -0.15) is 0 Å². The van der Waals surface area contributed by atoms with Crippen molar-refractivity contribution in [3.05, 3.63) is 58.1 Å². The van der Waals surface area contributed by atoms with Crippen LogP contribution in [0.25, 0.3) is 0 Å². The summed E-state index contributed by atoms with van der Waals surface area (Å²) in [5.74, 6) is 1.74. The normalized spacial score (nSPS) is 11.7. The average Bonchev–Trinajstić information content (AvgIpc) is 2.45. The minimum absolute atomic E-state index is 0.190. The summed E-state index contributed by atoms with van der Waals surface area (Å²) in [6, 6.07) is 4.73. The molecule has 1 aromatic carbocycles. The van der Waals surface area contributed by atoms with E-state index in [9.17, 15) is 4.79 Å². The van der Waals surface area contributed by atoms with Gasteiger partial charge in [-0.25, -0.2) is 0 Å². The lowest BCUT2D eigenvalue weighted by atomic mass is 9.92. The maximum Gasteiger partial charge on any atom is 0.174 e. The first kappa shape index (κ1) is 14.5. The topological polar surface area (TPSA) is 42.9 Å². The third-order valence-electron chi connectivity index (χ3n) is 2.78. The molecule has 0 aliphatic rings. The second-order valence-electron chi connectivity index (χ2n) is 4.08. The minimum atomic E-state index is -0.563. The molecular weight excluding hydrogens is 295 g/mol. The van der Waals surface area contributed by atoms with Gasteiger partial charge in [0, 0.05) is 35.6 Å². The zero-order valence-corrected chi connectivity index (χ0v) is 11.9. The predicted octanol–water partition coefficient (Wildman–Crippen LogP) is 3.77. The Morgan fingerprint density at radius 3 is 2.75 bits per heavy atom. The van der Waals surface area contributed by atoms with Gasteiger partial charge < -0.3 is 0 Å². The molecule has 0 amide bonds. The number of carbonyl (C=O) groups excluding carboxylic acids is 1. The molecule has 1 aromatic heterocycles. The fourth-order valence-corrected chi connectivity index (χ4v) is 2.32. The van der Waals surface area contributed by atoms with E-state index in [0.29, 0.717) is 21.3 Å². The number of rotatable bonds is 4. The monoisotopic (exact) mass is 304 g/mol. The first-order valence-corrected chi connectivity index (χ1v) is 6.57. The molecule has 0 radical (unpaired) electrons. The van der Waals surface area contributed by atoms with E-state index in [1.807, 2.05) is 0 Å². The van der Waals surface area contributed by atoms with E-state index in [-0.39, 0.29) is 12.2 Å². The number of halogens is 2. The van der Waals surface area contributed by atoms with Crippen LogP contribution in [0.3, 0.4) is 0 Å². The van der Waals surface area contributed by atoms with E-state index in [1.165, 1.54) is 24.7 Å². The lowest BCUT2D eigenvalue weighted by Crippen LogP contribution is -2.14. The molecule has 5 heteroatoms. The van der Waals surface area contributed by atoms with Crippen molar-refractivity contribution in [2.24, 2.45) is 0 Å². The van der Waals surface area contributed by atoms with Crippen LogP contribution in [-0.4, -0.2) is 15.8 Å². The summed E-state index contributed by atoms with van der Waals surface area (Å²) < 4.78 is 0. The minimum Gasteiger partial charge on any atom is -0.293 e. The van der Waals surface area contributed by atoms with Crippen LogP contribution in [0.2, 0.25) is 10.0 Å². The van der Waals surface area contributed by atoms with Crippen molar-refractivity contribution in [2.75, 3.05) is 0 Å². The molecule has 2 rings (SSSR count). The Labute approximate surface area is 127 Å². The molecule has 0 aliphatic carbocycles. The maximum atomic E-state index is 12.6. The van der Waals surface area contributed by atoms with Crippen molar-refractivity contribution in [1.29, 1.82) is 0 Å². The van der Waals surface area contributed by atoms with E-state index in [2.05, 4.69) is 15.9 Å². The molecule has 0 spiro atoms. The van der Waals surface area contributed by atoms with Gasteiger partial charge in [0.15, 0.2) is 5.78 Å². The van der Waals surface area contributed by atoms with Crippen LogP contribution in [0.5, 0.6) is 0 Å². The zero-order valence-electron chi connectivity index (χ0n) is 10.4. The first-order valence-electron chi connectivity index (χ1n) is 5.82. The number of hydrogen-bond acceptors (Lipinski definition) is 3.